The first-order valence-electron chi connectivity index (χ1n) is 7.22. The first kappa shape index (κ1) is 18.4. The lowest BCUT2D eigenvalue weighted by atomic mass is 10.1. The molecule has 2 aromatic carbocycles. The Bertz CT molecular complexity index is 747. The van der Waals surface area contributed by atoms with Gasteiger partial charge in [-0.05, 0) is 35.9 Å². The van der Waals surface area contributed by atoms with Crippen molar-refractivity contribution in [1.82, 2.24) is 5.32 Å². The largest absolute Gasteiger partial charge is 0.507 e. The van der Waals surface area contributed by atoms with Crippen molar-refractivity contribution in [2.45, 2.75) is 12.7 Å². The fourth-order valence-corrected chi connectivity index (χ4v) is 2.01. The molecule has 1 amide bonds. The fourth-order valence-electron chi connectivity index (χ4n) is 2.01. The summed E-state index contributed by atoms with van der Waals surface area (Å²) in [4.78, 5) is 12.1. The van der Waals surface area contributed by atoms with E-state index in [1.54, 1.807) is 6.07 Å². The van der Waals surface area contributed by atoms with Gasteiger partial charge in [0.05, 0.1) is 12.7 Å². The molecule has 2 rings (SSSR count). The number of alkyl halides is 3. The van der Waals surface area contributed by atoms with Crippen molar-refractivity contribution in [3.8, 4) is 17.2 Å². The molecule has 5 nitrogen and oxygen atoms in total. The van der Waals surface area contributed by atoms with Gasteiger partial charge in [-0.15, -0.1) is 0 Å². The number of halogens is 3. The standard InChI is InChI=1S/C17H16F3NO4/c1-24-12-5-6-15(22)14(8-12)16(23)21-9-11-3-2-4-13(7-11)25-10-17(18,19)20/h2-8,22H,9-10H2,1H3,(H,21,23). The molecule has 0 fully saturated rings. The van der Waals surface area contributed by atoms with E-state index in [1.807, 2.05) is 0 Å². The number of carbonyl (C=O) groups excluding carboxylic acids is 1. The molecule has 0 saturated heterocycles. The number of rotatable bonds is 6. The fraction of sp³-hybridized carbons (Fsp3) is 0.235. The van der Waals surface area contributed by atoms with Crippen molar-refractivity contribution in [3.05, 3.63) is 53.6 Å². The van der Waals surface area contributed by atoms with E-state index in [0.717, 1.165) is 0 Å². The Hall–Kier alpha value is -2.90. The van der Waals surface area contributed by atoms with Crippen LogP contribution in [0.2, 0.25) is 0 Å². The third kappa shape index (κ3) is 5.59. The van der Waals surface area contributed by atoms with E-state index in [1.165, 1.54) is 43.5 Å². The zero-order valence-electron chi connectivity index (χ0n) is 13.3. The molecule has 0 radical (unpaired) electrons. The summed E-state index contributed by atoms with van der Waals surface area (Å²) in [5, 5.41) is 12.3. The summed E-state index contributed by atoms with van der Waals surface area (Å²) < 4.78 is 46.2. The maximum absolute atomic E-state index is 12.2. The van der Waals surface area contributed by atoms with Crippen molar-refractivity contribution in [3.63, 3.8) is 0 Å². The topological polar surface area (TPSA) is 67.8 Å². The lowest BCUT2D eigenvalue weighted by Gasteiger charge is -2.11. The van der Waals surface area contributed by atoms with Crippen LogP contribution in [0.5, 0.6) is 17.2 Å². The van der Waals surface area contributed by atoms with E-state index in [-0.39, 0.29) is 23.6 Å². The van der Waals surface area contributed by atoms with Gasteiger partial charge in [-0.1, -0.05) is 12.1 Å². The zero-order valence-corrected chi connectivity index (χ0v) is 13.3. The van der Waals surface area contributed by atoms with Gasteiger partial charge in [-0.2, -0.15) is 13.2 Å². The molecule has 0 atom stereocenters. The van der Waals surface area contributed by atoms with Gasteiger partial charge in [0.25, 0.3) is 5.91 Å². The summed E-state index contributed by atoms with van der Waals surface area (Å²) >= 11 is 0. The Kier molecular flexibility index (Phi) is 5.74. The Balaban J connectivity index is 2.00. The number of hydrogen-bond donors (Lipinski definition) is 2. The van der Waals surface area contributed by atoms with E-state index < -0.39 is 18.7 Å². The number of benzene rings is 2. The number of hydrogen-bond acceptors (Lipinski definition) is 4. The second kappa shape index (κ2) is 7.78. The first-order valence-corrected chi connectivity index (χ1v) is 7.22. The van der Waals surface area contributed by atoms with Crippen LogP contribution in [-0.2, 0) is 6.54 Å². The molecular formula is C17H16F3NO4. The van der Waals surface area contributed by atoms with Crippen LogP contribution < -0.4 is 14.8 Å². The van der Waals surface area contributed by atoms with Crippen molar-refractivity contribution in [2.24, 2.45) is 0 Å². The predicted octanol–water partition coefficient (Wildman–Crippen LogP) is 3.27. The number of carbonyl (C=O) groups is 1. The molecule has 0 aliphatic heterocycles. The molecule has 0 aliphatic carbocycles. The molecule has 0 bridgehead atoms. The monoisotopic (exact) mass is 355 g/mol. The average Bonchev–Trinajstić information content (AvgIpc) is 2.58. The van der Waals surface area contributed by atoms with Crippen molar-refractivity contribution in [1.29, 1.82) is 0 Å². The van der Waals surface area contributed by atoms with Gasteiger partial charge in [-0.3, -0.25) is 4.79 Å². The highest BCUT2D eigenvalue weighted by molar-refractivity contribution is 5.97. The van der Waals surface area contributed by atoms with E-state index in [4.69, 9.17) is 4.74 Å². The molecule has 2 aromatic rings. The SMILES string of the molecule is COc1ccc(O)c(C(=O)NCc2cccc(OCC(F)(F)F)c2)c1. The second-order valence-electron chi connectivity index (χ2n) is 5.12. The van der Waals surface area contributed by atoms with Crippen molar-refractivity contribution >= 4 is 5.91 Å². The maximum Gasteiger partial charge on any atom is 0.422 e. The van der Waals surface area contributed by atoms with Gasteiger partial charge < -0.3 is 19.9 Å². The summed E-state index contributed by atoms with van der Waals surface area (Å²) in [7, 11) is 1.43. The lowest BCUT2D eigenvalue weighted by molar-refractivity contribution is -0.153. The highest BCUT2D eigenvalue weighted by atomic mass is 19.4. The summed E-state index contributed by atoms with van der Waals surface area (Å²) in [6.07, 6.45) is -4.42. The maximum atomic E-state index is 12.2. The van der Waals surface area contributed by atoms with Crippen LogP contribution in [0.15, 0.2) is 42.5 Å². The van der Waals surface area contributed by atoms with Crippen LogP contribution in [0.4, 0.5) is 13.2 Å². The van der Waals surface area contributed by atoms with E-state index in [2.05, 4.69) is 10.1 Å². The molecule has 134 valence electrons. The normalized spacial score (nSPS) is 11.0. The average molecular weight is 355 g/mol. The Morgan fingerprint density at radius 2 is 1.92 bits per heavy atom. The number of phenols is 1. The molecule has 0 saturated carbocycles. The van der Waals surface area contributed by atoms with Crippen LogP contribution >= 0.6 is 0 Å². The van der Waals surface area contributed by atoms with Crippen LogP contribution in [0.3, 0.4) is 0 Å². The van der Waals surface area contributed by atoms with Crippen LogP contribution in [0.25, 0.3) is 0 Å². The smallest absolute Gasteiger partial charge is 0.422 e. The van der Waals surface area contributed by atoms with Gasteiger partial charge in [0, 0.05) is 6.54 Å². The van der Waals surface area contributed by atoms with Gasteiger partial charge in [0.2, 0.25) is 0 Å². The number of aromatic hydroxyl groups is 1. The highest BCUT2D eigenvalue weighted by Gasteiger charge is 2.28. The second-order valence-corrected chi connectivity index (χ2v) is 5.12. The van der Waals surface area contributed by atoms with Crippen molar-refractivity contribution < 1.29 is 32.5 Å². The Morgan fingerprint density at radius 3 is 2.60 bits per heavy atom. The number of nitrogens with one attached hydrogen (secondary N) is 1. The Labute approximate surface area is 142 Å². The minimum Gasteiger partial charge on any atom is -0.507 e. The quantitative estimate of drug-likeness (QED) is 0.835. The minimum atomic E-state index is -4.42. The third-order valence-corrected chi connectivity index (χ3v) is 3.20. The number of ether oxygens (including phenoxy) is 2. The van der Waals surface area contributed by atoms with Gasteiger partial charge >= 0.3 is 6.18 Å². The summed E-state index contributed by atoms with van der Waals surface area (Å²) in [6, 6.07) is 10.2. The van der Waals surface area contributed by atoms with E-state index in [9.17, 15) is 23.1 Å². The molecule has 25 heavy (non-hydrogen) atoms. The van der Waals surface area contributed by atoms with Crippen LogP contribution in [0.1, 0.15) is 15.9 Å². The first-order chi connectivity index (χ1) is 11.8. The summed E-state index contributed by atoms with van der Waals surface area (Å²) in [6.45, 7) is -1.33. The highest BCUT2D eigenvalue weighted by Crippen LogP contribution is 2.23. The van der Waals surface area contributed by atoms with Gasteiger partial charge in [0.1, 0.15) is 17.2 Å². The number of methoxy groups -OCH3 is 1. The molecule has 2 N–H and O–H groups in total. The predicted molar refractivity (Wildman–Crippen MR) is 83.8 cm³/mol. The molecule has 0 heterocycles. The molecule has 0 spiro atoms. The minimum absolute atomic E-state index is 0.0313. The summed E-state index contributed by atoms with van der Waals surface area (Å²) in [5.41, 5.74) is 0.583. The zero-order chi connectivity index (χ0) is 18.4. The number of phenolic OH excluding ortho intramolecular Hbond substituents is 1. The van der Waals surface area contributed by atoms with Gasteiger partial charge in [0.15, 0.2) is 6.61 Å². The lowest BCUT2D eigenvalue weighted by Crippen LogP contribution is -2.23. The van der Waals surface area contributed by atoms with Crippen LogP contribution in [-0.4, -0.2) is 30.9 Å². The molecular weight excluding hydrogens is 339 g/mol. The molecule has 0 aliphatic rings. The molecule has 8 heteroatoms. The Morgan fingerprint density at radius 1 is 1.16 bits per heavy atom. The molecule has 0 unspecified atom stereocenters. The molecule has 0 aromatic heterocycles. The summed E-state index contributed by atoms with van der Waals surface area (Å²) in [5.74, 6) is -0.294. The van der Waals surface area contributed by atoms with E-state index in [0.29, 0.717) is 11.3 Å². The van der Waals surface area contributed by atoms with E-state index >= 15 is 0 Å². The number of amides is 1. The third-order valence-electron chi connectivity index (χ3n) is 3.20. The van der Waals surface area contributed by atoms with Crippen molar-refractivity contribution in [2.75, 3.05) is 13.7 Å². The van der Waals surface area contributed by atoms with Gasteiger partial charge in [-0.25, -0.2) is 0 Å². The van der Waals surface area contributed by atoms with Crippen LogP contribution in [0, 0.1) is 0 Å².